The Balaban J connectivity index is 2.73. The van der Waals surface area contributed by atoms with Crippen LogP contribution in [-0.2, 0) is 0 Å². The minimum absolute atomic E-state index is 0.936. The molecule has 0 aromatic heterocycles. The number of benzene rings is 1. The topological polar surface area (TPSA) is 12.0 Å². The first-order valence-corrected chi connectivity index (χ1v) is 6.58. The fourth-order valence-corrected chi connectivity index (χ4v) is 2.90. The molecular formula is C9H13ClNSi. The monoisotopic (exact) mass is 198 g/mol. The molecule has 0 aliphatic carbocycles. The third-order valence-corrected chi connectivity index (χ3v) is 4.14. The molecule has 0 spiro atoms. The van der Waals surface area contributed by atoms with Gasteiger partial charge in [-0.1, -0.05) is 36.8 Å². The van der Waals surface area contributed by atoms with E-state index in [9.17, 15) is 0 Å². The lowest BCUT2D eigenvalue weighted by Gasteiger charge is -2.07. The van der Waals surface area contributed by atoms with Gasteiger partial charge < -0.3 is 4.98 Å². The minimum Gasteiger partial charge on any atom is -0.322 e. The zero-order valence-corrected chi connectivity index (χ0v) is 9.15. The van der Waals surface area contributed by atoms with Crippen LogP contribution < -0.4 is 10.2 Å². The molecule has 1 aromatic rings. The molecule has 0 heterocycles. The van der Waals surface area contributed by atoms with Crippen molar-refractivity contribution in [2.45, 2.75) is 13.8 Å². The molecule has 3 heteroatoms. The van der Waals surface area contributed by atoms with E-state index >= 15 is 0 Å². The highest BCUT2D eigenvalue weighted by Crippen LogP contribution is 1.95. The highest BCUT2D eigenvalue weighted by molar-refractivity contribution is 7.12. The van der Waals surface area contributed by atoms with E-state index in [1.807, 2.05) is 0 Å². The van der Waals surface area contributed by atoms with Gasteiger partial charge in [0.1, 0.15) is 0 Å². The summed E-state index contributed by atoms with van der Waals surface area (Å²) in [5, 5.41) is 1.24. The van der Waals surface area contributed by atoms with E-state index in [2.05, 4.69) is 43.1 Å². The number of hydrogen-bond donors (Lipinski definition) is 1. The lowest BCUT2D eigenvalue weighted by Crippen LogP contribution is -2.39. The third-order valence-electron chi connectivity index (χ3n) is 1.60. The van der Waals surface area contributed by atoms with E-state index in [0.717, 1.165) is 6.54 Å². The number of nitrogens with one attached hydrogen (secondary N) is 1. The van der Waals surface area contributed by atoms with Crippen LogP contribution in [0.4, 0.5) is 0 Å². The van der Waals surface area contributed by atoms with Gasteiger partial charge in [0, 0.05) is 0 Å². The molecule has 0 bridgehead atoms. The molecular weight excluding hydrogens is 186 g/mol. The largest absolute Gasteiger partial charge is 0.322 e. The molecule has 1 rings (SSSR count). The van der Waals surface area contributed by atoms with Crippen LogP contribution in [0, 0.1) is 6.92 Å². The van der Waals surface area contributed by atoms with Gasteiger partial charge in [0.05, 0.1) is 0 Å². The summed E-state index contributed by atoms with van der Waals surface area (Å²) in [5.74, 6) is 0. The third kappa shape index (κ3) is 2.63. The summed E-state index contributed by atoms with van der Waals surface area (Å²) in [6.07, 6.45) is 0. The number of hydrogen-bond acceptors (Lipinski definition) is 1. The maximum atomic E-state index is 6.17. The van der Waals surface area contributed by atoms with Gasteiger partial charge in [-0.15, -0.1) is 11.1 Å². The second-order valence-electron chi connectivity index (χ2n) is 2.71. The summed E-state index contributed by atoms with van der Waals surface area (Å²) in [4.78, 5) is 3.26. The van der Waals surface area contributed by atoms with Crippen LogP contribution in [0.3, 0.4) is 0 Å². The maximum absolute atomic E-state index is 6.17. The van der Waals surface area contributed by atoms with Crippen molar-refractivity contribution < 1.29 is 0 Å². The van der Waals surface area contributed by atoms with Crippen LogP contribution >= 0.6 is 11.1 Å². The molecule has 1 N–H and O–H groups in total. The van der Waals surface area contributed by atoms with Crippen molar-refractivity contribution in [3.63, 3.8) is 0 Å². The van der Waals surface area contributed by atoms with Gasteiger partial charge in [-0.2, -0.15) is 0 Å². The van der Waals surface area contributed by atoms with Crippen LogP contribution in [0.2, 0.25) is 0 Å². The Hall–Kier alpha value is -0.313. The summed E-state index contributed by atoms with van der Waals surface area (Å²) in [5.41, 5.74) is 1.27. The van der Waals surface area contributed by atoms with E-state index in [1.165, 1.54) is 10.8 Å². The van der Waals surface area contributed by atoms with Crippen LogP contribution in [0.25, 0.3) is 0 Å². The molecule has 0 aliphatic heterocycles. The Morgan fingerprint density at radius 1 is 1.50 bits per heavy atom. The molecule has 1 radical (unpaired) electrons. The minimum atomic E-state index is -1.02. The zero-order valence-electron chi connectivity index (χ0n) is 7.39. The van der Waals surface area contributed by atoms with Crippen LogP contribution in [0.5, 0.6) is 0 Å². The number of halogens is 1. The standard InChI is InChI=1S/C9H13ClNSi/c1-3-11-12(10)9-6-4-5-8(2)7-9/h4-7,11H,3H2,1-2H3. The number of rotatable bonds is 3. The van der Waals surface area contributed by atoms with E-state index in [1.54, 1.807) is 0 Å². The highest BCUT2D eigenvalue weighted by atomic mass is 35.6. The van der Waals surface area contributed by atoms with E-state index in [0.29, 0.717) is 0 Å². The first kappa shape index (κ1) is 9.77. The molecule has 1 aromatic carbocycles. The van der Waals surface area contributed by atoms with Crippen molar-refractivity contribution in [1.82, 2.24) is 4.98 Å². The summed E-state index contributed by atoms with van der Waals surface area (Å²) >= 11 is 6.17. The van der Waals surface area contributed by atoms with Crippen molar-refractivity contribution >= 4 is 24.5 Å². The summed E-state index contributed by atoms with van der Waals surface area (Å²) in [6, 6.07) is 8.36. The van der Waals surface area contributed by atoms with Crippen molar-refractivity contribution in [3.8, 4) is 0 Å². The first-order chi connectivity index (χ1) is 5.74. The van der Waals surface area contributed by atoms with Gasteiger partial charge in [0.2, 0.25) is 0 Å². The van der Waals surface area contributed by atoms with Gasteiger partial charge in [-0.3, -0.25) is 0 Å². The Morgan fingerprint density at radius 3 is 2.83 bits per heavy atom. The van der Waals surface area contributed by atoms with Gasteiger partial charge in [0.25, 0.3) is 8.27 Å². The first-order valence-electron chi connectivity index (χ1n) is 4.07. The molecule has 0 fully saturated rings. The Labute approximate surface area is 80.1 Å². The van der Waals surface area contributed by atoms with Gasteiger partial charge >= 0.3 is 0 Å². The molecule has 0 aliphatic rings. The van der Waals surface area contributed by atoms with E-state index < -0.39 is 8.27 Å². The molecule has 0 unspecified atom stereocenters. The lowest BCUT2D eigenvalue weighted by atomic mass is 10.2. The quantitative estimate of drug-likeness (QED) is 0.574. The lowest BCUT2D eigenvalue weighted by molar-refractivity contribution is 1.01. The molecule has 65 valence electrons. The smallest absolute Gasteiger partial charge is 0.284 e. The average molecular weight is 199 g/mol. The maximum Gasteiger partial charge on any atom is 0.284 e. The van der Waals surface area contributed by atoms with Crippen LogP contribution in [-0.4, -0.2) is 14.8 Å². The fraction of sp³-hybridized carbons (Fsp3) is 0.333. The van der Waals surface area contributed by atoms with Crippen LogP contribution in [0.1, 0.15) is 12.5 Å². The Morgan fingerprint density at radius 2 is 2.25 bits per heavy atom. The molecule has 0 amide bonds. The normalized spacial score (nSPS) is 10.7. The van der Waals surface area contributed by atoms with E-state index in [-0.39, 0.29) is 0 Å². The van der Waals surface area contributed by atoms with E-state index in [4.69, 9.17) is 11.1 Å². The van der Waals surface area contributed by atoms with Crippen molar-refractivity contribution in [2.24, 2.45) is 0 Å². The predicted octanol–water partition coefficient (Wildman–Crippen LogP) is 1.54. The zero-order chi connectivity index (χ0) is 8.97. The Bertz CT molecular complexity index is 252. The van der Waals surface area contributed by atoms with Gasteiger partial charge in [-0.05, 0) is 18.7 Å². The molecule has 12 heavy (non-hydrogen) atoms. The molecule has 1 nitrogen and oxygen atoms in total. The van der Waals surface area contributed by atoms with Crippen LogP contribution in [0.15, 0.2) is 24.3 Å². The average Bonchev–Trinajstić information content (AvgIpc) is 2.05. The van der Waals surface area contributed by atoms with Crippen molar-refractivity contribution in [2.75, 3.05) is 6.54 Å². The predicted molar refractivity (Wildman–Crippen MR) is 56.1 cm³/mol. The second-order valence-corrected chi connectivity index (χ2v) is 5.41. The molecule has 0 saturated heterocycles. The van der Waals surface area contributed by atoms with Gasteiger partial charge in [0.15, 0.2) is 0 Å². The van der Waals surface area contributed by atoms with Crippen molar-refractivity contribution in [1.29, 1.82) is 0 Å². The Kier molecular flexibility index (Phi) is 3.79. The summed E-state index contributed by atoms with van der Waals surface area (Å²) in [6.45, 7) is 5.09. The molecule has 0 saturated carbocycles. The van der Waals surface area contributed by atoms with Gasteiger partial charge in [-0.25, -0.2) is 0 Å². The van der Waals surface area contributed by atoms with Crippen molar-refractivity contribution in [3.05, 3.63) is 29.8 Å². The SMILES string of the molecule is CCN[Si](Cl)c1cccc(C)c1. The second kappa shape index (κ2) is 4.65. The summed E-state index contributed by atoms with van der Waals surface area (Å²) in [7, 11) is -1.02. The highest BCUT2D eigenvalue weighted by Gasteiger charge is 2.08. The number of aryl methyl sites for hydroxylation is 1. The fourth-order valence-electron chi connectivity index (χ4n) is 1.04. The summed E-state index contributed by atoms with van der Waals surface area (Å²) < 4.78 is 0. The molecule has 0 atom stereocenters.